The van der Waals surface area contributed by atoms with E-state index in [1.807, 2.05) is 26.8 Å². The number of allylic oxidation sites excluding steroid dienone is 1. The highest BCUT2D eigenvalue weighted by atomic mass is 28.4. The second-order valence-corrected chi connectivity index (χ2v) is 7.09. The van der Waals surface area contributed by atoms with Crippen LogP contribution in [0.15, 0.2) is 12.2 Å². The van der Waals surface area contributed by atoms with E-state index in [0.717, 1.165) is 13.0 Å². The van der Waals surface area contributed by atoms with Crippen LogP contribution in [0.25, 0.3) is 0 Å². The van der Waals surface area contributed by atoms with Gasteiger partial charge in [-0.05, 0) is 27.2 Å². The van der Waals surface area contributed by atoms with E-state index in [0.29, 0.717) is 26.4 Å². The van der Waals surface area contributed by atoms with Crippen molar-refractivity contribution >= 4 is 8.80 Å². The van der Waals surface area contributed by atoms with Gasteiger partial charge in [0, 0.05) is 19.8 Å². The second kappa shape index (κ2) is 9.65. The standard InChI is InChI=1S/C14H28O5Si/c1-5-9-10-14(16-12-13-11-15-13)20(17-6-2,18-7-3)19-8-4/h9-10,13-14H,5-8,11-12H2,1-4H3. The van der Waals surface area contributed by atoms with Gasteiger partial charge in [0.25, 0.3) is 0 Å². The van der Waals surface area contributed by atoms with Crippen LogP contribution in [0.2, 0.25) is 0 Å². The summed E-state index contributed by atoms with van der Waals surface area (Å²) in [5.74, 6) is 0. The van der Waals surface area contributed by atoms with Crippen molar-refractivity contribution in [1.82, 2.24) is 0 Å². The van der Waals surface area contributed by atoms with Crippen molar-refractivity contribution in [3.8, 4) is 0 Å². The third-order valence-electron chi connectivity index (χ3n) is 2.80. The molecular weight excluding hydrogens is 276 g/mol. The molecule has 0 spiro atoms. The molecule has 0 N–H and O–H groups in total. The summed E-state index contributed by atoms with van der Waals surface area (Å²) in [6, 6.07) is 0. The Balaban J connectivity index is 2.81. The second-order valence-electron chi connectivity index (χ2n) is 4.45. The summed E-state index contributed by atoms with van der Waals surface area (Å²) in [6.07, 6.45) is 5.23. The van der Waals surface area contributed by atoms with Crippen LogP contribution in [0.3, 0.4) is 0 Å². The number of hydrogen-bond acceptors (Lipinski definition) is 5. The van der Waals surface area contributed by atoms with Crippen LogP contribution in [-0.2, 0) is 22.8 Å². The molecule has 1 heterocycles. The van der Waals surface area contributed by atoms with Gasteiger partial charge in [-0.1, -0.05) is 19.1 Å². The maximum atomic E-state index is 5.97. The van der Waals surface area contributed by atoms with E-state index in [4.69, 9.17) is 22.8 Å². The first-order valence-electron chi connectivity index (χ1n) is 7.54. The van der Waals surface area contributed by atoms with E-state index in [1.54, 1.807) is 0 Å². The van der Waals surface area contributed by atoms with Crippen LogP contribution in [0, 0.1) is 0 Å². The summed E-state index contributed by atoms with van der Waals surface area (Å²) in [6.45, 7) is 10.9. The fourth-order valence-electron chi connectivity index (χ4n) is 1.89. The summed E-state index contributed by atoms with van der Waals surface area (Å²) >= 11 is 0. The molecular formula is C14H28O5Si. The van der Waals surface area contributed by atoms with Crippen LogP contribution in [-0.4, -0.2) is 53.7 Å². The molecule has 6 heteroatoms. The molecule has 0 amide bonds. The zero-order chi connectivity index (χ0) is 14.8. The van der Waals surface area contributed by atoms with Gasteiger partial charge >= 0.3 is 8.80 Å². The third-order valence-corrected chi connectivity index (χ3v) is 5.92. The monoisotopic (exact) mass is 304 g/mol. The molecule has 1 aliphatic heterocycles. The SMILES string of the molecule is CCC=CC(OCC1CO1)[Si](OCC)(OCC)OCC. The van der Waals surface area contributed by atoms with Gasteiger partial charge < -0.3 is 22.8 Å². The van der Waals surface area contributed by atoms with Crippen LogP contribution < -0.4 is 0 Å². The van der Waals surface area contributed by atoms with E-state index in [1.165, 1.54) is 0 Å². The lowest BCUT2D eigenvalue weighted by Crippen LogP contribution is -2.57. The molecule has 0 aromatic heterocycles. The van der Waals surface area contributed by atoms with Gasteiger partial charge in [-0.15, -0.1) is 0 Å². The van der Waals surface area contributed by atoms with Crippen LogP contribution >= 0.6 is 0 Å². The fraction of sp³-hybridized carbons (Fsp3) is 0.857. The smallest absolute Gasteiger partial charge is 0.372 e. The largest absolute Gasteiger partial charge is 0.535 e. The first kappa shape index (κ1) is 17.8. The lowest BCUT2D eigenvalue weighted by Gasteiger charge is -2.33. The molecule has 1 aliphatic rings. The highest BCUT2D eigenvalue weighted by Crippen LogP contribution is 2.21. The first-order valence-corrected chi connectivity index (χ1v) is 9.34. The van der Waals surface area contributed by atoms with Gasteiger partial charge in [-0.2, -0.15) is 0 Å². The van der Waals surface area contributed by atoms with Crippen molar-refractivity contribution in [2.75, 3.05) is 33.0 Å². The minimum atomic E-state index is -2.87. The Kier molecular flexibility index (Phi) is 8.59. The van der Waals surface area contributed by atoms with Crippen LogP contribution in [0.5, 0.6) is 0 Å². The summed E-state index contributed by atoms with van der Waals surface area (Å²) in [5.41, 5.74) is -0.272. The average Bonchev–Trinajstić information content (AvgIpc) is 3.23. The molecule has 1 rings (SSSR count). The Morgan fingerprint density at radius 1 is 1.10 bits per heavy atom. The molecule has 0 aromatic carbocycles. The van der Waals surface area contributed by atoms with Crippen molar-refractivity contribution < 1.29 is 22.8 Å². The molecule has 0 aromatic rings. The van der Waals surface area contributed by atoms with Gasteiger partial charge in [0.15, 0.2) is 0 Å². The summed E-state index contributed by atoms with van der Waals surface area (Å²) in [4.78, 5) is 0. The highest BCUT2D eigenvalue weighted by Gasteiger charge is 2.49. The maximum absolute atomic E-state index is 5.97. The summed E-state index contributed by atoms with van der Waals surface area (Å²) in [5, 5.41) is 0. The lowest BCUT2D eigenvalue weighted by molar-refractivity contribution is 0.00284. The van der Waals surface area contributed by atoms with Crippen molar-refractivity contribution in [1.29, 1.82) is 0 Å². The van der Waals surface area contributed by atoms with Gasteiger partial charge in [0.05, 0.1) is 13.2 Å². The molecule has 0 aliphatic carbocycles. The first-order chi connectivity index (χ1) is 9.72. The zero-order valence-corrected chi connectivity index (χ0v) is 14.1. The van der Waals surface area contributed by atoms with Crippen molar-refractivity contribution in [2.45, 2.75) is 45.9 Å². The van der Waals surface area contributed by atoms with Crippen molar-refractivity contribution in [3.63, 3.8) is 0 Å². The molecule has 0 bridgehead atoms. The molecule has 20 heavy (non-hydrogen) atoms. The van der Waals surface area contributed by atoms with Crippen LogP contribution in [0.1, 0.15) is 34.1 Å². The number of rotatable bonds is 12. The van der Waals surface area contributed by atoms with E-state index in [2.05, 4.69) is 13.0 Å². The third kappa shape index (κ3) is 5.63. The number of hydrogen-bond donors (Lipinski definition) is 0. The van der Waals surface area contributed by atoms with Crippen molar-refractivity contribution in [3.05, 3.63) is 12.2 Å². The Bertz CT molecular complexity index is 264. The van der Waals surface area contributed by atoms with Crippen LogP contribution in [0.4, 0.5) is 0 Å². The Hall–Kier alpha value is -0.243. The number of ether oxygens (including phenoxy) is 2. The van der Waals surface area contributed by atoms with E-state index < -0.39 is 8.80 Å². The van der Waals surface area contributed by atoms with E-state index in [9.17, 15) is 0 Å². The Morgan fingerprint density at radius 2 is 1.65 bits per heavy atom. The predicted octanol–water partition coefficient (Wildman–Crippen LogP) is 2.32. The Morgan fingerprint density at radius 3 is 2.05 bits per heavy atom. The molecule has 1 saturated heterocycles. The van der Waals surface area contributed by atoms with Gasteiger partial charge in [0.1, 0.15) is 11.8 Å². The van der Waals surface area contributed by atoms with E-state index >= 15 is 0 Å². The predicted molar refractivity (Wildman–Crippen MR) is 79.5 cm³/mol. The molecule has 2 unspecified atom stereocenters. The maximum Gasteiger partial charge on any atom is 0.535 e. The summed E-state index contributed by atoms with van der Waals surface area (Å²) in [7, 11) is -2.87. The summed E-state index contributed by atoms with van der Waals surface area (Å²) < 4.78 is 28.9. The topological polar surface area (TPSA) is 49.5 Å². The molecule has 1 fully saturated rings. The molecule has 0 radical (unpaired) electrons. The molecule has 0 saturated carbocycles. The quantitative estimate of drug-likeness (QED) is 0.315. The van der Waals surface area contributed by atoms with Gasteiger partial charge in [-0.25, -0.2) is 0 Å². The average molecular weight is 304 g/mol. The minimum Gasteiger partial charge on any atom is -0.372 e. The lowest BCUT2D eigenvalue weighted by atomic mass is 10.4. The highest BCUT2D eigenvalue weighted by molar-refractivity contribution is 6.62. The normalized spacial score (nSPS) is 20.5. The molecule has 118 valence electrons. The zero-order valence-electron chi connectivity index (χ0n) is 13.1. The van der Waals surface area contributed by atoms with Crippen molar-refractivity contribution in [2.24, 2.45) is 0 Å². The fourth-order valence-corrected chi connectivity index (χ4v) is 4.51. The van der Waals surface area contributed by atoms with E-state index in [-0.39, 0.29) is 11.8 Å². The number of epoxide rings is 1. The minimum absolute atomic E-state index is 0.212. The van der Waals surface area contributed by atoms with Gasteiger partial charge in [0.2, 0.25) is 0 Å². The van der Waals surface area contributed by atoms with Gasteiger partial charge in [-0.3, -0.25) is 0 Å². The molecule has 2 atom stereocenters. The molecule has 5 nitrogen and oxygen atoms in total. The Labute approximate surface area is 123 Å².